The Labute approximate surface area is 190 Å². The average molecular weight is 482 g/mol. The van der Waals surface area contributed by atoms with Gasteiger partial charge >= 0.3 is 11.4 Å². The Morgan fingerprint density at radius 3 is 1.47 bits per heavy atom. The van der Waals surface area contributed by atoms with E-state index >= 15 is 0 Å². The van der Waals surface area contributed by atoms with Gasteiger partial charge < -0.3 is 29.9 Å². The first-order valence-electron chi connectivity index (χ1n) is 10.8. The lowest BCUT2D eigenvalue weighted by Crippen LogP contribution is -2.35. The van der Waals surface area contributed by atoms with Gasteiger partial charge in [0.05, 0.1) is 25.4 Å². The van der Waals surface area contributed by atoms with Crippen LogP contribution in [0.2, 0.25) is 0 Å². The predicted octanol–water partition coefficient (Wildman–Crippen LogP) is -3.55. The Bertz CT molecular complexity index is 1170. The smallest absolute Gasteiger partial charge is 0.330 e. The molecule has 34 heavy (non-hydrogen) atoms. The molecule has 0 amide bonds. The molecule has 0 bridgehead atoms. The Hall–Kier alpha value is -2.88. The molecule has 0 unspecified atom stereocenters. The van der Waals surface area contributed by atoms with E-state index in [1.54, 1.807) is 0 Å². The number of hydrogen-bond acceptors (Lipinski definition) is 10. The normalized spacial score (nSPS) is 29.1. The molecule has 6 N–H and O–H groups in total. The molecule has 0 aromatic carbocycles. The van der Waals surface area contributed by atoms with E-state index in [1.165, 1.54) is 12.4 Å². The fourth-order valence-electron chi connectivity index (χ4n) is 4.21. The minimum absolute atomic E-state index is 0.0308. The number of hydrogen-bond donors (Lipinski definition) is 6. The van der Waals surface area contributed by atoms with Crippen LogP contribution >= 0.6 is 0 Å². The Morgan fingerprint density at radius 2 is 1.15 bits per heavy atom. The molecule has 0 saturated carbocycles. The highest BCUT2D eigenvalue weighted by atomic mass is 16.5. The molecule has 14 nitrogen and oxygen atoms in total. The molecule has 2 aromatic heterocycles. The van der Waals surface area contributed by atoms with E-state index in [0.717, 1.165) is 9.13 Å². The van der Waals surface area contributed by atoms with Crippen molar-refractivity contribution in [3.8, 4) is 0 Å². The summed E-state index contributed by atoms with van der Waals surface area (Å²) in [6.45, 7) is -0.857. The van der Waals surface area contributed by atoms with Crippen molar-refractivity contribution >= 4 is 0 Å². The minimum atomic E-state index is -0.973. The van der Waals surface area contributed by atoms with Crippen molar-refractivity contribution in [3.05, 3.63) is 65.2 Å². The number of aliphatic hydroxyl groups excluding tert-OH is 4. The summed E-state index contributed by atoms with van der Waals surface area (Å²) in [5.41, 5.74) is -2.48. The van der Waals surface area contributed by atoms with E-state index in [1.807, 2.05) is 0 Å². The van der Waals surface area contributed by atoms with Crippen molar-refractivity contribution in [2.75, 3.05) is 13.2 Å². The summed E-state index contributed by atoms with van der Waals surface area (Å²) in [4.78, 5) is 53.5. The fraction of sp³-hybridized carbons (Fsp3) is 0.600. The van der Waals surface area contributed by atoms with E-state index in [9.17, 15) is 39.6 Å². The molecule has 2 aliphatic rings. The standard InChI is InChI=1S/C20H26N4O10/c25-7-13-11(27)3-15(33-13)23-5-9(17(29)21-19(23)31)1-2-10-6-24(20(32)22-18(10)30)16-4-12(28)14(8-26)34-16/h5-6,11-16,25-28H,1-4,7-8H2,(H,21,29,31)(H,22,30,32)/t11-,12+,13+,14-,15+,16-. The second-order valence-electron chi connectivity index (χ2n) is 8.37. The molecule has 0 spiro atoms. The summed E-state index contributed by atoms with van der Waals surface area (Å²) < 4.78 is 13.2. The maximum atomic E-state index is 12.3. The van der Waals surface area contributed by atoms with Crippen LogP contribution in [0.1, 0.15) is 36.4 Å². The highest BCUT2D eigenvalue weighted by Crippen LogP contribution is 2.28. The van der Waals surface area contributed by atoms with Crippen LogP contribution in [0.3, 0.4) is 0 Å². The molecular weight excluding hydrogens is 456 g/mol. The largest absolute Gasteiger partial charge is 0.394 e. The molecule has 2 aliphatic heterocycles. The highest BCUT2D eigenvalue weighted by Gasteiger charge is 2.36. The van der Waals surface area contributed by atoms with Gasteiger partial charge in [-0.25, -0.2) is 9.59 Å². The van der Waals surface area contributed by atoms with Crippen LogP contribution in [0.4, 0.5) is 0 Å². The Kier molecular flexibility index (Phi) is 6.97. The van der Waals surface area contributed by atoms with Crippen LogP contribution in [0.25, 0.3) is 0 Å². The first-order valence-corrected chi connectivity index (χ1v) is 10.8. The van der Waals surface area contributed by atoms with Gasteiger partial charge in [-0.15, -0.1) is 0 Å². The number of ether oxygens (including phenoxy) is 2. The molecule has 0 aliphatic carbocycles. The third-order valence-corrected chi connectivity index (χ3v) is 6.14. The van der Waals surface area contributed by atoms with Crippen LogP contribution < -0.4 is 22.5 Å². The van der Waals surface area contributed by atoms with E-state index in [0.29, 0.717) is 0 Å². The van der Waals surface area contributed by atoms with Gasteiger partial charge in [-0.3, -0.25) is 28.7 Å². The quantitative estimate of drug-likeness (QED) is 0.229. The second kappa shape index (κ2) is 9.77. The van der Waals surface area contributed by atoms with Gasteiger partial charge in [0.1, 0.15) is 24.7 Å². The maximum Gasteiger partial charge on any atom is 0.330 e. The zero-order chi connectivity index (χ0) is 24.6. The number of nitrogens with zero attached hydrogens (tertiary/aromatic N) is 2. The van der Waals surface area contributed by atoms with Crippen LogP contribution in [-0.2, 0) is 22.3 Å². The molecular formula is C20H26N4O10. The summed E-state index contributed by atoms with van der Waals surface area (Å²) in [6, 6.07) is 0. The average Bonchev–Trinajstić information content (AvgIpc) is 3.35. The lowest BCUT2D eigenvalue weighted by atomic mass is 10.1. The number of rotatable bonds is 7. The van der Waals surface area contributed by atoms with E-state index in [4.69, 9.17) is 9.47 Å². The Morgan fingerprint density at radius 1 is 0.765 bits per heavy atom. The lowest BCUT2D eigenvalue weighted by molar-refractivity contribution is -0.0460. The van der Waals surface area contributed by atoms with Crippen molar-refractivity contribution in [3.63, 3.8) is 0 Å². The first kappa shape index (κ1) is 24.3. The molecule has 0 radical (unpaired) electrons. The van der Waals surface area contributed by atoms with Crippen LogP contribution in [0.5, 0.6) is 0 Å². The van der Waals surface area contributed by atoms with Gasteiger partial charge in [-0.05, 0) is 12.8 Å². The summed E-state index contributed by atoms with van der Waals surface area (Å²) in [6.07, 6.45) is -2.70. The third kappa shape index (κ3) is 4.68. The van der Waals surface area contributed by atoms with Crippen molar-refractivity contribution in [1.29, 1.82) is 0 Å². The Balaban J connectivity index is 1.56. The van der Waals surface area contributed by atoms with Gasteiger partial charge in [0.2, 0.25) is 0 Å². The van der Waals surface area contributed by atoms with Gasteiger partial charge in [-0.2, -0.15) is 0 Å². The molecule has 2 saturated heterocycles. The maximum absolute atomic E-state index is 12.3. The second-order valence-corrected chi connectivity index (χ2v) is 8.37. The summed E-state index contributed by atoms with van der Waals surface area (Å²) in [5, 5.41) is 38.3. The van der Waals surface area contributed by atoms with E-state index in [2.05, 4.69) is 9.97 Å². The number of aromatic amines is 2. The van der Waals surface area contributed by atoms with Crippen LogP contribution in [-0.4, -0.2) is 77.2 Å². The van der Waals surface area contributed by atoms with E-state index in [-0.39, 0.29) is 36.8 Å². The van der Waals surface area contributed by atoms with Crippen LogP contribution in [0, 0.1) is 0 Å². The van der Waals surface area contributed by atoms with E-state index < -0.39 is 72.6 Å². The topological polar surface area (TPSA) is 209 Å². The predicted molar refractivity (Wildman–Crippen MR) is 113 cm³/mol. The SMILES string of the molecule is O=c1[nH]c(=O)n([C@@H]2C[C@@H](O)[C@H](CO)O2)cc1CCc1cn([C@H]2C[C@H](O)[C@@H](CO)O2)c(=O)[nH]c1=O. The zero-order valence-electron chi connectivity index (χ0n) is 18.0. The third-order valence-electron chi connectivity index (χ3n) is 6.14. The molecule has 2 fully saturated rings. The van der Waals surface area contributed by atoms with Crippen molar-refractivity contribution < 1.29 is 29.9 Å². The number of H-pyrrole nitrogens is 2. The van der Waals surface area contributed by atoms with Gasteiger partial charge in [0.25, 0.3) is 11.1 Å². The first-order chi connectivity index (χ1) is 16.2. The highest BCUT2D eigenvalue weighted by molar-refractivity contribution is 5.12. The van der Waals surface area contributed by atoms with Gasteiger partial charge in [0.15, 0.2) is 0 Å². The molecule has 186 valence electrons. The minimum Gasteiger partial charge on any atom is -0.394 e. The lowest BCUT2D eigenvalue weighted by Gasteiger charge is -2.16. The van der Waals surface area contributed by atoms with Crippen molar-refractivity contribution in [1.82, 2.24) is 19.1 Å². The summed E-state index contributed by atoms with van der Waals surface area (Å²) in [5.74, 6) is 0. The molecule has 6 atom stereocenters. The fourth-order valence-corrected chi connectivity index (χ4v) is 4.21. The zero-order valence-corrected chi connectivity index (χ0v) is 18.0. The number of nitrogens with one attached hydrogen (secondary N) is 2. The summed E-state index contributed by atoms with van der Waals surface area (Å²) in [7, 11) is 0. The van der Waals surface area contributed by atoms with Gasteiger partial charge in [-0.1, -0.05) is 0 Å². The molecule has 4 rings (SSSR count). The molecule has 14 heteroatoms. The van der Waals surface area contributed by atoms with Crippen LogP contribution in [0.15, 0.2) is 31.6 Å². The molecule has 2 aromatic rings. The number of aryl methyl sites for hydroxylation is 2. The monoisotopic (exact) mass is 482 g/mol. The molecule has 4 heterocycles. The van der Waals surface area contributed by atoms with Crippen molar-refractivity contribution in [2.24, 2.45) is 0 Å². The van der Waals surface area contributed by atoms with Crippen molar-refractivity contribution in [2.45, 2.75) is 62.6 Å². The number of aromatic nitrogens is 4. The number of aliphatic hydroxyl groups is 4. The van der Waals surface area contributed by atoms with Gasteiger partial charge in [0, 0.05) is 36.4 Å². The summed E-state index contributed by atoms with van der Waals surface area (Å²) >= 11 is 0.